The van der Waals surface area contributed by atoms with Gasteiger partial charge in [0.25, 0.3) is 16.8 Å². The van der Waals surface area contributed by atoms with Crippen molar-refractivity contribution < 1.29 is 33.7 Å². The maximum Gasteiger partial charge on any atom is 0.318 e. The molecule has 3 amide bonds. The molecular formula is C25H17IN4O9S. The van der Waals surface area contributed by atoms with Gasteiger partial charge in [0.15, 0.2) is 11.5 Å². The molecule has 0 spiro atoms. The van der Waals surface area contributed by atoms with Gasteiger partial charge < -0.3 is 14.8 Å². The van der Waals surface area contributed by atoms with Gasteiger partial charge in [0.2, 0.25) is 11.7 Å². The van der Waals surface area contributed by atoms with Gasteiger partial charge in [-0.05, 0) is 88.5 Å². The van der Waals surface area contributed by atoms with Crippen LogP contribution < -0.4 is 14.8 Å². The van der Waals surface area contributed by atoms with Crippen LogP contribution in [0.15, 0.2) is 65.6 Å². The van der Waals surface area contributed by atoms with Crippen LogP contribution in [0.2, 0.25) is 0 Å². The van der Waals surface area contributed by atoms with E-state index in [1.165, 1.54) is 25.3 Å². The molecular weight excluding hydrogens is 659 g/mol. The van der Waals surface area contributed by atoms with Gasteiger partial charge in [0.05, 0.1) is 27.9 Å². The van der Waals surface area contributed by atoms with Crippen molar-refractivity contribution in [2.24, 2.45) is 0 Å². The number of methoxy groups -OCH3 is 1. The molecule has 3 aromatic carbocycles. The molecule has 0 radical (unpaired) electrons. The van der Waals surface area contributed by atoms with Crippen molar-refractivity contribution in [1.82, 2.24) is 4.90 Å². The van der Waals surface area contributed by atoms with Crippen molar-refractivity contribution in [3.8, 4) is 17.2 Å². The van der Waals surface area contributed by atoms with Gasteiger partial charge in [-0.25, -0.2) is 0 Å². The number of ether oxygens (including phenoxy) is 2. The summed E-state index contributed by atoms with van der Waals surface area (Å²) in [5.74, 6) is -1.29. The summed E-state index contributed by atoms with van der Waals surface area (Å²) < 4.78 is 11.9. The van der Waals surface area contributed by atoms with Crippen LogP contribution >= 0.6 is 34.4 Å². The van der Waals surface area contributed by atoms with Gasteiger partial charge in [0.1, 0.15) is 6.54 Å². The number of imide groups is 1. The summed E-state index contributed by atoms with van der Waals surface area (Å²) in [6, 6.07) is 14.4. The number of thioether (sulfide) groups is 1. The Bertz CT molecular complexity index is 1580. The maximum atomic E-state index is 12.9. The Kier molecular flexibility index (Phi) is 8.64. The molecule has 13 nitrogen and oxygen atoms in total. The summed E-state index contributed by atoms with van der Waals surface area (Å²) in [6.45, 7) is -0.477. The van der Waals surface area contributed by atoms with Crippen LogP contribution in [0, 0.1) is 23.8 Å². The standard InChI is InChI=1S/C25H17IN4O9S/c1-38-20-8-2-14(10-21(20)39-19-9-7-17(29(34)35)12-18(19)30(36)37)11-22-24(32)28(25(33)40-22)13-23(31)27-16-5-3-15(26)4-6-16/h2-12H,13H2,1H3,(H,27,31)/b22-11-. The fourth-order valence-electron chi connectivity index (χ4n) is 3.49. The second-order valence-electron chi connectivity index (χ2n) is 8.00. The molecule has 204 valence electrons. The Morgan fingerprint density at radius 3 is 2.35 bits per heavy atom. The number of hydrogen-bond donors (Lipinski definition) is 1. The molecule has 4 rings (SSSR count). The molecule has 1 fully saturated rings. The second-order valence-corrected chi connectivity index (χ2v) is 10.2. The van der Waals surface area contributed by atoms with Crippen LogP contribution in [0.3, 0.4) is 0 Å². The predicted molar refractivity (Wildman–Crippen MR) is 153 cm³/mol. The first-order chi connectivity index (χ1) is 19.0. The first-order valence-electron chi connectivity index (χ1n) is 11.1. The molecule has 0 aliphatic carbocycles. The van der Waals surface area contributed by atoms with Gasteiger partial charge in [-0.3, -0.25) is 39.5 Å². The summed E-state index contributed by atoms with van der Waals surface area (Å²) >= 11 is 2.77. The highest BCUT2D eigenvalue weighted by Gasteiger charge is 2.36. The molecule has 1 aliphatic heterocycles. The van der Waals surface area contributed by atoms with Crippen molar-refractivity contribution in [3.63, 3.8) is 0 Å². The highest BCUT2D eigenvalue weighted by Crippen LogP contribution is 2.39. The molecule has 0 atom stereocenters. The fourth-order valence-corrected chi connectivity index (χ4v) is 4.69. The number of amides is 3. The summed E-state index contributed by atoms with van der Waals surface area (Å²) in [6.07, 6.45) is 1.40. The van der Waals surface area contributed by atoms with Gasteiger partial charge in [-0.2, -0.15) is 0 Å². The highest BCUT2D eigenvalue weighted by atomic mass is 127. The third-order valence-electron chi connectivity index (χ3n) is 5.36. The van der Waals surface area contributed by atoms with E-state index in [0.717, 1.165) is 26.7 Å². The molecule has 1 saturated heterocycles. The van der Waals surface area contributed by atoms with Gasteiger partial charge in [-0.15, -0.1) is 0 Å². The first kappa shape index (κ1) is 28.5. The minimum Gasteiger partial charge on any atom is -0.493 e. The number of nitrogens with zero attached hydrogens (tertiary/aromatic N) is 3. The smallest absolute Gasteiger partial charge is 0.318 e. The molecule has 1 N–H and O–H groups in total. The Labute approximate surface area is 243 Å². The number of rotatable bonds is 9. The number of nitrogens with one attached hydrogen (secondary N) is 1. The molecule has 1 aliphatic rings. The van der Waals surface area contributed by atoms with Crippen molar-refractivity contribution in [1.29, 1.82) is 0 Å². The third-order valence-corrected chi connectivity index (χ3v) is 6.99. The lowest BCUT2D eigenvalue weighted by atomic mass is 10.1. The molecule has 3 aromatic rings. The Balaban J connectivity index is 1.54. The number of anilines is 1. The minimum atomic E-state index is -0.816. The third kappa shape index (κ3) is 6.55. The topological polar surface area (TPSA) is 171 Å². The van der Waals surface area contributed by atoms with Crippen LogP contribution in [-0.2, 0) is 9.59 Å². The summed E-state index contributed by atoms with van der Waals surface area (Å²) in [4.78, 5) is 59.6. The van der Waals surface area contributed by atoms with Gasteiger partial charge in [-0.1, -0.05) is 6.07 Å². The van der Waals surface area contributed by atoms with Crippen molar-refractivity contribution in [3.05, 3.63) is 94.9 Å². The molecule has 15 heteroatoms. The van der Waals surface area contributed by atoms with Crippen molar-refractivity contribution >= 4 is 74.5 Å². The van der Waals surface area contributed by atoms with Crippen LogP contribution in [0.25, 0.3) is 6.08 Å². The lowest BCUT2D eigenvalue weighted by molar-refractivity contribution is -0.394. The van der Waals surface area contributed by atoms with E-state index in [-0.39, 0.29) is 22.2 Å². The summed E-state index contributed by atoms with van der Waals surface area (Å²) in [5, 5.41) is 24.5. The highest BCUT2D eigenvalue weighted by molar-refractivity contribution is 14.1. The number of halogens is 1. The largest absolute Gasteiger partial charge is 0.493 e. The number of hydrogen-bond acceptors (Lipinski definition) is 10. The minimum absolute atomic E-state index is 0.0179. The zero-order valence-electron chi connectivity index (χ0n) is 20.4. The lowest BCUT2D eigenvalue weighted by Gasteiger charge is -2.12. The summed E-state index contributed by atoms with van der Waals surface area (Å²) in [7, 11) is 1.35. The van der Waals surface area contributed by atoms with E-state index >= 15 is 0 Å². The first-order valence-corrected chi connectivity index (χ1v) is 13.0. The fraction of sp³-hybridized carbons (Fsp3) is 0.0800. The molecule has 1 heterocycles. The summed E-state index contributed by atoms with van der Waals surface area (Å²) in [5.41, 5.74) is -0.213. The van der Waals surface area contributed by atoms with E-state index in [9.17, 15) is 34.6 Å². The van der Waals surface area contributed by atoms with E-state index in [0.29, 0.717) is 23.0 Å². The van der Waals surface area contributed by atoms with E-state index in [1.54, 1.807) is 30.3 Å². The van der Waals surface area contributed by atoms with Crippen molar-refractivity contribution in [2.45, 2.75) is 0 Å². The average Bonchev–Trinajstić information content (AvgIpc) is 3.17. The van der Waals surface area contributed by atoms with Crippen LogP contribution in [0.4, 0.5) is 21.9 Å². The zero-order valence-corrected chi connectivity index (χ0v) is 23.3. The number of nitro benzene ring substituents is 2. The number of carbonyl (C=O) groups excluding carboxylic acids is 3. The molecule has 40 heavy (non-hydrogen) atoms. The quantitative estimate of drug-likeness (QED) is 0.131. The van der Waals surface area contributed by atoms with Gasteiger partial charge >= 0.3 is 5.69 Å². The predicted octanol–water partition coefficient (Wildman–Crippen LogP) is 5.58. The van der Waals surface area contributed by atoms with Crippen LogP contribution in [-0.4, -0.2) is 45.5 Å². The second kappa shape index (κ2) is 12.1. The number of benzene rings is 3. The van der Waals surface area contributed by atoms with E-state index in [2.05, 4.69) is 27.9 Å². The molecule has 0 aromatic heterocycles. The zero-order chi connectivity index (χ0) is 29.0. The molecule has 0 bridgehead atoms. The van der Waals surface area contributed by atoms with Gasteiger partial charge in [0, 0.05) is 15.3 Å². The SMILES string of the molecule is COc1ccc(/C=C2\SC(=O)N(CC(=O)Nc3ccc(I)cc3)C2=O)cc1Oc1ccc([N+](=O)[O-])cc1[N+](=O)[O-]. The lowest BCUT2D eigenvalue weighted by Crippen LogP contribution is -2.36. The maximum absolute atomic E-state index is 12.9. The van der Waals surface area contributed by atoms with Crippen LogP contribution in [0.1, 0.15) is 5.56 Å². The molecule has 0 unspecified atom stereocenters. The van der Waals surface area contributed by atoms with Crippen LogP contribution in [0.5, 0.6) is 17.2 Å². The van der Waals surface area contributed by atoms with Crippen molar-refractivity contribution in [2.75, 3.05) is 19.0 Å². The number of non-ortho nitro benzene ring substituents is 1. The number of nitro groups is 2. The van der Waals surface area contributed by atoms with E-state index < -0.39 is 44.8 Å². The monoisotopic (exact) mass is 676 g/mol. The Hall–Kier alpha value is -4.51. The Morgan fingerprint density at radius 1 is 1.00 bits per heavy atom. The van der Waals surface area contributed by atoms with E-state index in [1.807, 2.05) is 0 Å². The van der Waals surface area contributed by atoms with E-state index in [4.69, 9.17) is 9.47 Å². The number of carbonyl (C=O) groups is 3. The average molecular weight is 676 g/mol. The Morgan fingerprint density at radius 2 is 1.70 bits per heavy atom. The normalized spacial score (nSPS) is 13.8. The molecule has 0 saturated carbocycles.